The van der Waals surface area contributed by atoms with Crippen LogP contribution in [-0.2, 0) is 0 Å². The van der Waals surface area contributed by atoms with E-state index in [-0.39, 0.29) is 5.91 Å². The van der Waals surface area contributed by atoms with Gasteiger partial charge in [0.2, 0.25) is 0 Å². The van der Waals surface area contributed by atoms with Gasteiger partial charge in [-0.1, -0.05) is 39.7 Å². The van der Waals surface area contributed by atoms with E-state index >= 15 is 0 Å². The summed E-state index contributed by atoms with van der Waals surface area (Å²) in [4.78, 5) is 11.9. The smallest absolute Gasteiger partial charge is 0.251 e. The van der Waals surface area contributed by atoms with E-state index in [1.165, 1.54) is 5.56 Å². The Balaban J connectivity index is 1.80. The molecule has 2 aromatic carbocycles. The Morgan fingerprint density at radius 2 is 2.00 bits per heavy atom. The van der Waals surface area contributed by atoms with Crippen LogP contribution < -0.4 is 10.1 Å². The number of aryl methyl sites for hydroxylation is 2. The molecule has 0 bridgehead atoms. The van der Waals surface area contributed by atoms with Crippen molar-refractivity contribution in [3.05, 3.63) is 63.6 Å². The third-order valence-corrected chi connectivity index (χ3v) is 3.56. The molecule has 0 aromatic heterocycles. The van der Waals surface area contributed by atoms with Gasteiger partial charge < -0.3 is 10.1 Å². The Morgan fingerprint density at radius 1 is 1.19 bits per heavy atom. The summed E-state index contributed by atoms with van der Waals surface area (Å²) in [5.74, 6) is 0.762. The van der Waals surface area contributed by atoms with E-state index < -0.39 is 0 Å². The number of hydrogen-bond donors (Lipinski definition) is 1. The van der Waals surface area contributed by atoms with Gasteiger partial charge in [0, 0.05) is 10.0 Å². The van der Waals surface area contributed by atoms with Gasteiger partial charge in [-0.2, -0.15) is 0 Å². The maximum Gasteiger partial charge on any atom is 0.251 e. The van der Waals surface area contributed by atoms with E-state index in [4.69, 9.17) is 4.74 Å². The molecule has 0 atom stereocenters. The minimum absolute atomic E-state index is 0.0967. The summed E-state index contributed by atoms with van der Waals surface area (Å²) in [5.41, 5.74) is 2.95. The number of rotatable bonds is 5. The molecule has 3 nitrogen and oxygen atoms in total. The van der Waals surface area contributed by atoms with Gasteiger partial charge in [-0.3, -0.25) is 4.79 Å². The standard InChI is InChI=1S/C17H18BrNO2/c1-12-6-7-16(13(2)10-12)21-9-8-19-17(20)14-4-3-5-15(18)11-14/h3-7,10-11H,8-9H2,1-2H3,(H,19,20). The molecule has 0 saturated carbocycles. The van der Waals surface area contributed by atoms with E-state index in [0.29, 0.717) is 18.7 Å². The van der Waals surface area contributed by atoms with Gasteiger partial charge in [0.25, 0.3) is 5.91 Å². The molecule has 0 aliphatic carbocycles. The van der Waals surface area contributed by atoms with Gasteiger partial charge in [0.15, 0.2) is 0 Å². The molecule has 0 unspecified atom stereocenters. The molecule has 110 valence electrons. The summed E-state index contributed by atoms with van der Waals surface area (Å²) in [6, 6.07) is 13.4. The molecule has 0 heterocycles. The highest BCUT2D eigenvalue weighted by Crippen LogP contribution is 2.18. The Morgan fingerprint density at radius 3 is 2.71 bits per heavy atom. The van der Waals surface area contributed by atoms with Gasteiger partial charge in [0.1, 0.15) is 12.4 Å². The molecule has 0 spiro atoms. The van der Waals surface area contributed by atoms with Crippen molar-refractivity contribution in [3.63, 3.8) is 0 Å². The van der Waals surface area contributed by atoms with Crippen LogP contribution in [0.4, 0.5) is 0 Å². The Labute approximate surface area is 133 Å². The fraction of sp³-hybridized carbons (Fsp3) is 0.235. The highest BCUT2D eigenvalue weighted by molar-refractivity contribution is 9.10. The second-order valence-electron chi connectivity index (χ2n) is 4.88. The first kappa shape index (κ1) is 15.6. The van der Waals surface area contributed by atoms with Crippen LogP contribution in [0.5, 0.6) is 5.75 Å². The van der Waals surface area contributed by atoms with Crippen molar-refractivity contribution in [2.24, 2.45) is 0 Å². The average Bonchev–Trinajstić information content (AvgIpc) is 2.45. The highest BCUT2D eigenvalue weighted by Gasteiger charge is 2.05. The second-order valence-corrected chi connectivity index (χ2v) is 5.80. The molecule has 2 aromatic rings. The molecule has 0 radical (unpaired) electrons. The van der Waals surface area contributed by atoms with Gasteiger partial charge in [-0.05, 0) is 43.7 Å². The van der Waals surface area contributed by atoms with Crippen LogP contribution in [0.15, 0.2) is 46.9 Å². The summed E-state index contributed by atoms with van der Waals surface area (Å²) < 4.78 is 6.57. The summed E-state index contributed by atoms with van der Waals surface area (Å²) >= 11 is 3.35. The molecule has 21 heavy (non-hydrogen) atoms. The predicted octanol–water partition coefficient (Wildman–Crippen LogP) is 3.87. The molecule has 0 saturated heterocycles. The van der Waals surface area contributed by atoms with Crippen LogP contribution >= 0.6 is 15.9 Å². The third-order valence-electron chi connectivity index (χ3n) is 3.06. The van der Waals surface area contributed by atoms with E-state index in [2.05, 4.69) is 34.2 Å². The van der Waals surface area contributed by atoms with Gasteiger partial charge in [0.05, 0.1) is 6.54 Å². The lowest BCUT2D eigenvalue weighted by atomic mass is 10.1. The molecule has 0 fully saturated rings. The molecular formula is C17H18BrNO2. The zero-order chi connectivity index (χ0) is 15.2. The largest absolute Gasteiger partial charge is 0.491 e. The van der Waals surface area contributed by atoms with Crippen molar-refractivity contribution < 1.29 is 9.53 Å². The number of ether oxygens (including phenoxy) is 1. The molecule has 1 N–H and O–H groups in total. The Hall–Kier alpha value is -1.81. The van der Waals surface area contributed by atoms with E-state index in [1.54, 1.807) is 12.1 Å². The molecule has 2 rings (SSSR count). The summed E-state index contributed by atoms with van der Waals surface area (Å²) in [6.45, 7) is 4.99. The van der Waals surface area contributed by atoms with Crippen molar-refractivity contribution in [3.8, 4) is 5.75 Å². The topological polar surface area (TPSA) is 38.3 Å². The van der Waals surface area contributed by atoms with Gasteiger partial charge >= 0.3 is 0 Å². The first-order valence-corrected chi connectivity index (χ1v) is 7.59. The summed E-state index contributed by atoms with van der Waals surface area (Å²) in [5, 5.41) is 2.84. The maximum atomic E-state index is 11.9. The summed E-state index contributed by atoms with van der Waals surface area (Å²) in [6.07, 6.45) is 0. The summed E-state index contributed by atoms with van der Waals surface area (Å²) in [7, 11) is 0. The van der Waals surface area contributed by atoms with E-state index in [9.17, 15) is 4.79 Å². The van der Waals surface area contributed by atoms with Crippen molar-refractivity contribution >= 4 is 21.8 Å². The quantitative estimate of drug-likeness (QED) is 0.833. The van der Waals surface area contributed by atoms with Gasteiger partial charge in [-0.25, -0.2) is 0 Å². The van der Waals surface area contributed by atoms with Crippen LogP contribution in [-0.4, -0.2) is 19.1 Å². The van der Waals surface area contributed by atoms with Crippen LogP contribution in [0.25, 0.3) is 0 Å². The molecule has 0 aliphatic rings. The fourth-order valence-corrected chi connectivity index (χ4v) is 2.42. The Kier molecular flexibility index (Phi) is 5.39. The van der Waals surface area contributed by atoms with E-state index in [1.807, 2.05) is 31.2 Å². The number of benzene rings is 2. The van der Waals surface area contributed by atoms with Crippen molar-refractivity contribution in [2.45, 2.75) is 13.8 Å². The third kappa shape index (κ3) is 4.60. The first-order valence-electron chi connectivity index (χ1n) is 6.80. The van der Waals surface area contributed by atoms with Crippen molar-refractivity contribution in [1.82, 2.24) is 5.32 Å². The van der Waals surface area contributed by atoms with Crippen LogP contribution in [0, 0.1) is 13.8 Å². The molecule has 0 aliphatic heterocycles. The van der Waals surface area contributed by atoms with Crippen LogP contribution in [0.1, 0.15) is 21.5 Å². The minimum Gasteiger partial charge on any atom is -0.491 e. The first-order chi connectivity index (χ1) is 10.1. The van der Waals surface area contributed by atoms with Gasteiger partial charge in [-0.15, -0.1) is 0 Å². The lowest BCUT2D eigenvalue weighted by molar-refractivity contribution is 0.0947. The van der Waals surface area contributed by atoms with Crippen LogP contribution in [0.2, 0.25) is 0 Å². The van der Waals surface area contributed by atoms with Crippen LogP contribution in [0.3, 0.4) is 0 Å². The Bertz CT molecular complexity index is 640. The number of carbonyl (C=O) groups excluding carboxylic acids is 1. The number of carbonyl (C=O) groups is 1. The number of halogens is 1. The fourth-order valence-electron chi connectivity index (χ4n) is 2.02. The van der Waals surface area contributed by atoms with Crippen molar-refractivity contribution in [1.29, 1.82) is 0 Å². The zero-order valence-electron chi connectivity index (χ0n) is 12.2. The molecular weight excluding hydrogens is 330 g/mol. The monoisotopic (exact) mass is 347 g/mol. The minimum atomic E-state index is -0.0967. The molecule has 1 amide bonds. The maximum absolute atomic E-state index is 11.9. The highest BCUT2D eigenvalue weighted by atomic mass is 79.9. The zero-order valence-corrected chi connectivity index (χ0v) is 13.7. The van der Waals surface area contributed by atoms with E-state index in [0.717, 1.165) is 15.8 Å². The SMILES string of the molecule is Cc1ccc(OCCNC(=O)c2cccc(Br)c2)c(C)c1. The average molecular weight is 348 g/mol. The number of nitrogens with one attached hydrogen (secondary N) is 1. The second kappa shape index (κ2) is 7.27. The predicted molar refractivity (Wildman–Crippen MR) is 87.9 cm³/mol. The normalized spacial score (nSPS) is 10.2. The lowest BCUT2D eigenvalue weighted by Crippen LogP contribution is -2.28. The lowest BCUT2D eigenvalue weighted by Gasteiger charge is -2.10. The number of hydrogen-bond acceptors (Lipinski definition) is 2. The molecule has 4 heteroatoms. The van der Waals surface area contributed by atoms with Crippen molar-refractivity contribution in [2.75, 3.05) is 13.2 Å². The number of amides is 1.